The molecule has 0 aromatic heterocycles. The zero-order valence-corrected chi connectivity index (χ0v) is 13.7. The van der Waals surface area contributed by atoms with Gasteiger partial charge in [0.2, 0.25) is 0 Å². The largest absolute Gasteiger partial charge is 0.512 e. The number of halogens is 1. The Balaban J connectivity index is 0.000000295. The third-order valence-electron chi connectivity index (χ3n) is 3.29. The summed E-state index contributed by atoms with van der Waals surface area (Å²) in [6, 6.07) is 5.63. The van der Waals surface area contributed by atoms with E-state index >= 15 is 0 Å². The van der Waals surface area contributed by atoms with Gasteiger partial charge in [0.15, 0.2) is 0 Å². The van der Waals surface area contributed by atoms with Crippen LogP contribution in [0.5, 0.6) is 0 Å². The van der Waals surface area contributed by atoms with Gasteiger partial charge in [-0.25, -0.2) is 4.39 Å². The summed E-state index contributed by atoms with van der Waals surface area (Å²) in [5.74, 6) is -0.313. The second-order valence-corrected chi connectivity index (χ2v) is 5.87. The van der Waals surface area contributed by atoms with Crippen LogP contribution in [0.15, 0.2) is 34.9 Å². The fraction of sp³-hybridized carbons (Fsp3) is 0.438. The van der Waals surface area contributed by atoms with Crippen molar-refractivity contribution < 1.29 is 9.50 Å². The second kappa shape index (κ2) is 9.35. The molecule has 0 unspecified atom stereocenters. The number of allylic oxidation sites excluding steroid dienone is 1. The van der Waals surface area contributed by atoms with Crippen LogP contribution < -0.4 is 11.1 Å². The minimum absolute atomic E-state index is 0.0625. The highest BCUT2D eigenvalue weighted by Crippen LogP contribution is 2.23. The van der Waals surface area contributed by atoms with Gasteiger partial charge in [-0.2, -0.15) is 0 Å². The van der Waals surface area contributed by atoms with Crippen molar-refractivity contribution >= 4 is 24.2 Å². The average molecular weight is 325 g/mol. The van der Waals surface area contributed by atoms with Crippen LogP contribution in [-0.2, 0) is 0 Å². The maximum absolute atomic E-state index is 13.2. The van der Waals surface area contributed by atoms with Crippen molar-refractivity contribution in [1.29, 1.82) is 5.41 Å². The molecular weight excluding hydrogens is 301 g/mol. The predicted molar refractivity (Wildman–Crippen MR) is 92.4 cm³/mol. The smallest absolute Gasteiger partial charge is 0.138 e. The molecular formula is C16H24FN3OS. The Morgan fingerprint density at radius 3 is 2.50 bits per heavy atom. The van der Waals surface area contributed by atoms with E-state index in [1.165, 1.54) is 51.2 Å². The van der Waals surface area contributed by atoms with Crippen LogP contribution in [0.1, 0.15) is 39.0 Å². The number of amidine groups is 1. The maximum atomic E-state index is 13.2. The molecule has 0 spiro atoms. The molecule has 0 aliphatic heterocycles. The number of anilines is 1. The quantitative estimate of drug-likeness (QED) is 0.249. The van der Waals surface area contributed by atoms with Crippen molar-refractivity contribution in [3.05, 3.63) is 35.9 Å². The fourth-order valence-corrected chi connectivity index (χ4v) is 2.44. The van der Waals surface area contributed by atoms with Crippen molar-refractivity contribution in [1.82, 2.24) is 0 Å². The first-order valence-electron chi connectivity index (χ1n) is 7.35. The second-order valence-electron chi connectivity index (χ2n) is 5.39. The van der Waals surface area contributed by atoms with Crippen LogP contribution in [-0.4, -0.2) is 17.0 Å². The van der Waals surface area contributed by atoms with Gasteiger partial charge in [0.25, 0.3) is 0 Å². The number of aliphatic hydroxyl groups excluding tert-OH is 1. The first-order valence-corrected chi connectivity index (χ1v) is 7.79. The third-order valence-corrected chi connectivity index (χ3v) is 3.65. The first kappa shape index (κ1) is 18.4. The van der Waals surface area contributed by atoms with E-state index in [-0.39, 0.29) is 17.4 Å². The fourth-order valence-electron chi connectivity index (χ4n) is 2.30. The molecule has 0 radical (unpaired) electrons. The monoisotopic (exact) mass is 325 g/mol. The molecule has 6 heteroatoms. The molecule has 1 aromatic carbocycles. The van der Waals surface area contributed by atoms with E-state index in [2.05, 4.69) is 17.9 Å². The van der Waals surface area contributed by atoms with Gasteiger partial charge < -0.3 is 16.2 Å². The van der Waals surface area contributed by atoms with E-state index in [4.69, 9.17) is 16.2 Å². The van der Waals surface area contributed by atoms with Crippen molar-refractivity contribution in [3.63, 3.8) is 0 Å². The van der Waals surface area contributed by atoms with Gasteiger partial charge in [-0.1, -0.05) is 19.3 Å². The maximum Gasteiger partial charge on any atom is 0.138 e. The SMILES string of the molecule is C/C(O)=C/C(=N)N.Fc1cc(NC2CCCCC2)ccc1S. The Hall–Kier alpha value is -1.69. The lowest BCUT2D eigenvalue weighted by molar-refractivity contribution is 0.415. The standard InChI is InChI=1S/C12H16FNS.C4H8N2O/c13-11-8-10(6-7-12(11)15)14-9-4-2-1-3-5-9;1-3(7)2-4(5)6/h6-9,14-15H,1-5H2;2,7H,1H3,(H3,5,6)/b;3-2-. The van der Waals surface area contributed by atoms with E-state index in [9.17, 15) is 4.39 Å². The number of hydrogen-bond acceptors (Lipinski definition) is 4. The van der Waals surface area contributed by atoms with Crippen molar-refractivity contribution in [3.8, 4) is 0 Å². The first-order chi connectivity index (χ1) is 10.4. The number of nitrogens with two attached hydrogens (primary N) is 1. The lowest BCUT2D eigenvalue weighted by Crippen LogP contribution is -2.22. The predicted octanol–water partition coefficient (Wildman–Crippen LogP) is 4.24. The van der Waals surface area contributed by atoms with Crippen LogP contribution in [0.2, 0.25) is 0 Å². The van der Waals surface area contributed by atoms with Gasteiger partial charge in [-0.15, -0.1) is 12.6 Å². The van der Waals surface area contributed by atoms with Crippen LogP contribution in [0.4, 0.5) is 10.1 Å². The third kappa shape index (κ3) is 7.36. The molecule has 0 saturated heterocycles. The zero-order chi connectivity index (χ0) is 16.5. The molecule has 0 atom stereocenters. The number of hydrogen-bond donors (Lipinski definition) is 5. The molecule has 1 aliphatic rings. The van der Waals surface area contributed by atoms with E-state index < -0.39 is 0 Å². The van der Waals surface area contributed by atoms with Gasteiger partial charge >= 0.3 is 0 Å². The summed E-state index contributed by atoms with van der Waals surface area (Å²) in [7, 11) is 0. The minimum atomic E-state index is -0.251. The van der Waals surface area contributed by atoms with Gasteiger partial charge in [0.05, 0.1) is 5.76 Å². The van der Waals surface area contributed by atoms with Crippen molar-refractivity contribution in [2.75, 3.05) is 5.32 Å². The minimum Gasteiger partial charge on any atom is -0.512 e. The molecule has 2 rings (SSSR count). The van der Waals surface area contributed by atoms with Crippen molar-refractivity contribution in [2.24, 2.45) is 5.73 Å². The summed E-state index contributed by atoms with van der Waals surface area (Å²) in [5, 5.41) is 18.3. The Kier molecular flexibility index (Phi) is 7.80. The van der Waals surface area contributed by atoms with Gasteiger partial charge in [-0.05, 0) is 38.0 Å². The Morgan fingerprint density at radius 1 is 1.41 bits per heavy atom. The van der Waals surface area contributed by atoms with Crippen molar-refractivity contribution in [2.45, 2.75) is 50.0 Å². The van der Waals surface area contributed by atoms with E-state index in [1.54, 1.807) is 6.07 Å². The molecule has 0 amide bonds. The van der Waals surface area contributed by atoms with Crippen LogP contribution in [0.3, 0.4) is 0 Å². The number of benzene rings is 1. The molecule has 1 aromatic rings. The highest BCUT2D eigenvalue weighted by atomic mass is 32.1. The topological polar surface area (TPSA) is 82.1 Å². The van der Waals surface area contributed by atoms with Gasteiger partial charge in [0.1, 0.15) is 11.7 Å². The highest BCUT2D eigenvalue weighted by Gasteiger charge is 2.13. The Labute approximate surface area is 136 Å². The van der Waals surface area contributed by atoms with Crippen LogP contribution in [0.25, 0.3) is 0 Å². The summed E-state index contributed by atoms with van der Waals surface area (Å²) in [4.78, 5) is 0.407. The summed E-state index contributed by atoms with van der Waals surface area (Å²) < 4.78 is 13.2. The van der Waals surface area contributed by atoms with Crippen LogP contribution in [0, 0.1) is 11.2 Å². The van der Waals surface area contributed by atoms with E-state index in [0.717, 1.165) is 5.69 Å². The molecule has 1 fully saturated rings. The summed E-state index contributed by atoms with van der Waals surface area (Å²) in [6.07, 6.45) is 7.46. The Bertz CT molecular complexity index is 524. The Morgan fingerprint density at radius 2 is 2.05 bits per heavy atom. The lowest BCUT2D eigenvalue weighted by Gasteiger charge is -2.23. The average Bonchev–Trinajstić information content (AvgIpc) is 2.43. The molecule has 0 bridgehead atoms. The molecule has 1 saturated carbocycles. The summed E-state index contributed by atoms with van der Waals surface area (Å²) >= 11 is 4.01. The van der Waals surface area contributed by atoms with Crippen LogP contribution >= 0.6 is 12.6 Å². The highest BCUT2D eigenvalue weighted by molar-refractivity contribution is 7.80. The molecule has 1 aliphatic carbocycles. The molecule has 0 heterocycles. The van der Waals surface area contributed by atoms with Gasteiger partial charge in [-0.3, -0.25) is 5.41 Å². The normalized spacial score (nSPS) is 15.7. The van der Waals surface area contributed by atoms with E-state index in [1.807, 2.05) is 6.07 Å². The molecule has 22 heavy (non-hydrogen) atoms. The number of nitrogens with one attached hydrogen (secondary N) is 2. The lowest BCUT2D eigenvalue weighted by atomic mass is 9.95. The molecule has 4 nitrogen and oxygen atoms in total. The van der Waals surface area contributed by atoms with Gasteiger partial charge in [0, 0.05) is 22.7 Å². The number of rotatable bonds is 3. The molecule has 5 N–H and O–H groups in total. The summed E-state index contributed by atoms with van der Waals surface area (Å²) in [6.45, 7) is 1.46. The number of thiol groups is 1. The van der Waals surface area contributed by atoms with E-state index in [0.29, 0.717) is 10.9 Å². The zero-order valence-electron chi connectivity index (χ0n) is 12.8. The summed E-state index contributed by atoms with van der Waals surface area (Å²) in [5.41, 5.74) is 5.71. The molecule has 122 valence electrons. The number of aliphatic hydroxyl groups is 1.